The van der Waals surface area contributed by atoms with E-state index in [4.69, 9.17) is 4.74 Å². The molecule has 0 aliphatic carbocycles. The summed E-state index contributed by atoms with van der Waals surface area (Å²) >= 11 is 0. The molecule has 0 amide bonds. The van der Waals surface area contributed by atoms with E-state index >= 15 is 0 Å². The molecule has 2 heterocycles. The van der Waals surface area contributed by atoms with Crippen molar-refractivity contribution in [3.8, 4) is 5.75 Å². The standard InChI is InChI=1S/C13H14N6O2S/c1-14-22(20)8-3-4-10(21-2)9(5-8)19-13-11-12(16-6-15-11)17-7-18-13/h3-7,14H,1-2H3,(H2,15,16,17,18,19). The van der Waals surface area contributed by atoms with E-state index in [0.29, 0.717) is 33.3 Å². The lowest BCUT2D eigenvalue weighted by atomic mass is 10.3. The third-order valence-electron chi connectivity index (χ3n) is 3.05. The number of hydrogen-bond donors (Lipinski definition) is 3. The highest BCUT2D eigenvalue weighted by molar-refractivity contribution is 7.83. The van der Waals surface area contributed by atoms with Crippen molar-refractivity contribution in [1.29, 1.82) is 0 Å². The summed E-state index contributed by atoms with van der Waals surface area (Å²) in [6.07, 6.45) is 2.97. The number of rotatable bonds is 5. The third-order valence-corrected chi connectivity index (χ3v) is 4.10. The Bertz CT molecular complexity index is 834. The summed E-state index contributed by atoms with van der Waals surface area (Å²) in [5, 5.41) is 3.16. The largest absolute Gasteiger partial charge is 0.495 e. The number of nitrogens with zero attached hydrogens (tertiary/aromatic N) is 3. The number of ether oxygens (including phenoxy) is 1. The first-order valence-electron chi connectivity index (χ1n) is 6.41. The minimum atomic E-state index is -1.29. The Morgan fingerprint density at radius 2 is 2.14 bits per heavy atom. The maximum absolute atomic E-state index is 11.9. The van der Waals surface area contributed by atoms with Gasteiger partial charge in [0.15, 0.2) is 11.5 Å². The lowest BCUT2D eigenvalue weighted by Gasteiger charge is -2.12. The summed E-state index contributed by atoms with van der Waals surface area (Å²) in [5.74, 6) is 1.18. The Balaban J connectivity index is 2.03. The molecule has 0 aliphatic rings. The van der Waals surface area contributed by atoms with Gasteiger partial charge in [0.25, 0.3) is 0 Å². The second-order valence-corrected chi connectivity index (χ2v) is 5.70. The molecule has 0 radical (unpaired) electrons. The third kappa shape index (κ3) is 2.63. The van der Waals surface area contributed by atoms with Crippen molar-refractivity contribution in [1.82, 2.24) is 24.7 Å². The Hall–Kier alpha value is -2.52. The van der Waals surface area contributed by atoms with Crippen LogP contribution in [0.15, 0.2) is 35.7 Å². The number of benzene rings is 1. The molecule has 22 heavy (non-hydrogen) atoms. The zero-order valence-electron chi connectivity index (χ0n) is 12.0. The molecule has 9 heteroatoms. The van der Waals surface area contributed by atoms with E-state index in [-0.39, 0.29) is 0 Å². The number of nitrogens with one attached hydrogen (secondary N) is 3. The van der Waals surface area contributed by atoms with Gasteiger partial charge >= 0.3 is 0 Å². The molecule has 1 atom stereocenters. The second-order valence-electron chi connectivity index (χ2n) is 4.28. The average molecular weight is 318 g/mol. The van der Waals surface area contributed by atoms with Crippen molar-refractivity contribution < 1.29 is 8.95 Å². The average Bonchev–Trinajstić information content (AvgIpc) is 3.03. The van der Waals surface area contributed by atoms with Crippen molar-refractivity contribution in [2.45, 2.75) is 4.90 Å². The summed E-state index contributed by atoms with van der Waals surface area (Å²) in [6.45, 7) is 0. The Kier molecular flexibility index (Phi) is 3.98. The van der Waals surface area contributed by atoms with E-state index in [1.165, 1.54) is 6.33 Å². The minimum Gasteiger partial charge on any atom is -0.495 e. The molecule has 0 saturated heterocycles. The van der Waals surface area contributed by atoms with Gasteiger partial charge in [-0.25, -0.2) is 23.9 Å². The van der Waals surface area contributed by atoms with Crippen LogP contribution < -0.4 is 14.8 Å². The van der Waals surface area contributed by atoms with E-state index in [1.54, 1.807) is 38.7 Å². The van der Waals surface area contributed by atoms with Crippen molar-refractivity contribution in [3.63, 3.8) is 0 Å². The number of hydrogen-bond acceptors (Lipinski definition) is 6. The first-order chi connectivity index (χ1) is 10.7. The molecule has 1 aromatic carbocycles. The molecule has 3 aromatic rings. The SMILES string of the molecule is CNS(=O)c1ccc(OC)c(Nc2ncnc3nc[nH]c23)c1. The number of anilines is 2. The summed E-state index contributed by atoms with van der Waals surface area (Å²) in [6, 6.07) is 5.23. The first kappa shape index (κ1) is 14.4. The van der Waals surface area contributed by atoms with Gasteiger partial charge in [-0.2, -0.15) is 0 Å². The second kappa shape index (κ2) is 6.08. The van der Waals surface area contributed by atoms with Crippen LogP contribution in [0.4, 0.5) is 11.5 Å². The van der Waals surface area contributed by atoms with Crippen molar-refractivity contribution in [2.75, 3.05) is 19.5 Å². The smallest absolute Gasteiger partial charge is 0.182 e. The molecule has 3 N–H and O–H groups in total. The first-order valence-corrected chi connectivity index (χ1v) is 7.56. The zero-order chi connectivity index (χ0) is 15.5. The summed E-state index contributed by atoms with van der Waals surface area (Å²) in [5.41, 5.74) is 1.90. The molecular weight excluding hydrogens is 304 g/mol. The molecule has 1 unspecified atom stereocenters. The van der Waals surface area contributed by atoms with Crippen LogP contribution in [0.3, 0.4) is 0 Å². The zero-order valence-corrected chi connectivity index (χ0v) is 12.8. The maximum Gasteiger partial charge on any atom is 0.182 e. The van der Waals surface area contributed by atoms with Gasteiger partial charge in [-0.1, -0.05) is 0 Å². The van der Waals surface area contributed by atoms with Gasteiger partial charge in [0.2, 0.25) is 0 Å². The molecule has 0 bridgehead atoms. The van der Waals surface area contributed by atoms with E-state index in [2.05, 4.69) is 30.0 Å². The number of imidazole rings is 1. The molecule has 2 aromatic heterocycles. The Morgan fingerprint density at radius 1 is 1.27 bits per heavy atom. The highest BCUT2D eigenvalue weighted by atomic mass is 32.2. The molecule has 0 spiro atoms. The highest BCUT2D eigenvalue weighted by Gasteiger charge is 2.11. The molecule has 114 valence electrons. The van der Waals surface area contributed by atoms with Crippen LogP contribution in [-0.4, -0.2) is 38.3 Å². The molecular formula is C13H14N6O2S. The summed E-state index contributed by atoms with van der Waals surface area (Å²) in [4.78, 5) is 16.0. The monoisotopic (exact) mass is 318 g/mol. The maximum atomic E-state index is 11.9. The molecule has 3 rings (SSSR count). The van der Waals surface area contributed by atoms with Gasteiger partial charge in [-0.05, 0) is 25.2 Å². The van der Waals surface area contributed by atoms with Crippen molar-refractivity contribution in [3.05, 3.63) is 30.9 Å². The fraction of sp³-hybridized carbons (Fsp3) is 0.154. The molecule has 0 fully saturated rings. The quantitative estimate of drug-likeness (QED) is 0.656. The summed E-state index contributed by atoms with van der Waals surface area (Å²) < 4.78 is 19.9. The number of H-pyrrole nitrogens is 1. The Labute approximate surface area is 128 Å². The van der Waals surface area contributed by atoms with Gasteiger partial charge in [-0.3, -0.25) is 0 Å². The number of aromatic nitrogens is 4. The molecule has 0 saturated carbocycles. The van der Waals surface area contributed by atoms with E-state index < -0.39 is 11.0 Å². The van der Waals surface area contributed by atoms with Crippen LogP contribution in [-0.2, 0) is 11.0 Å². The van der Waals surface area contributed by atoms with Crippen LogP contribution in [0.1, 0.15) is 0 Å². The van der Waals surface area contributed by atoms with Crippen molar-refractivity contribution >= 4 is 33.7 Å². The van der Waals surface area contributed by atoms with Crippen LogP contribution in [0, 0.1) is 0 Å². The van der Waals surface area contributed by atoms with Crippen LogP contribution in [0.5, 0.6) is 5.75 Å². The van der Waals surface area contributed by atoms with Crippen LogP contribution >= 0.6 is 0 Å². The van der Waals surface area contributed by atoms with Gasteiger partial charge in [0.05, 0.1) is 24.0 Å². The lowest BCUT2D eigenvalue weighted by Crippen LogP contribution is -2.11. The topological polar surface area (TPSA) is 105 Å². The van der Waals surface area contributed by atoms with Crippen LogP contribution in [0.25, 0.3) is 11.2 Å². The minimum absolute atomic E-state index is 0.562. The normalized spacial score (nSPS) is 12.3. The Morgan fingerprint density at radius 3 is 2.91 bits per heavy atom. The molecule has 0 aliphatic heterocycles. The van der Waals surface area contributed by atoms with Crippen LogP contribution in [0.2, 0.25) is 0 Å². The van der Waals surface area contributed by atoms with Crippen molar-refractivity contribution in [2.24, 2.45) is 0 Å². The highest BCUT2D eigenvalue weighted by Crippen LogP contribution is 2.30. The summed E-state index contributed by atoms with van der Waals surface area (Å²) in [7, 11) is 1.91. The predicted molar refractivity (Wildman–Crippen MR) is 83.4 cm³/mol. The lowest BCUT2D eigenvalue weighted by molar-refractivity contribution is 0.416. The van der Waals surface area contributed by atoms with Gasteiger partial charge in [-0.15, -0.1) is 0 Å². The fourth-order valence-corrected chi connectivity index (χ4v) is 2.66. The number of aromatic amines is 1. The van der Waals surface area contributed by atoms with Gasteiger partial charge < -0.3 is 15.0 Å². The number of methoxy groups -OCH3 is 1. The van der Waals surface area contributed by atoms with Gasteiger partial charge in [0.1, 0.15) is 28.6 Å². The van der Waals surface area contributed by atoms with Gasteiger partial charge in [0, 0.05) is 0 Å². The van der Waals surface area contributed by atoms with E-state index in [1.807, 2.05) is 0 Å². The molecule has 8 nitrogen and oxygen atoms in total. The number of fused-ring (bicyclic) bond motifs is 1. The predicted octanol–water partition coefficient (Wildman–Crippen LogP) is 1.35. The van der Waals surface area contributed by atoms with E-state index in [9.17, 15) is 4.21 Å². The van der Waals surface area contributed by atoms with E-state index in [0.717, 1.165) is 0 Å². The fourth-order valence-electron chi connectivity index (χ4n) is 2.01.